The lowest BCUT2D eigenvalue weighted by Crippen LogP contribution is -2.23. The summed E-state index contributed by atoms with van der Waals surface area (Å²) in [4.78, 5) is 10.5. The molecule has 92 valence electrons. The molecule has 0 aromatic heterocycles. The van der Waals surface area contributed by atoms with Gasteiger partial charge >= 0.3 is 0 Å². The molecule has 1 atom stereocenters. The first-order chi connectivity index (χ1) is 8.09. The van der Waals surface area contributed by atoms with Gasteiger partial charge in [0.25, 0.3) is 5.69 Å². The van der Waals surface area contributed by atoms with Crippen molar-refractivity contribution in [2.75, 3.05) is 0 Å². The Morgan fingerprint density at radius 3 is 2.82 bits per heavy atom. The molecule has 1 saturated carbocycles. The van der Waals surface area contributed by atoms with E-state index in [1.807, 2.05) is 13.0 Å². The number of hydrogen-bond acceptors (Lipinski definition) is 3. The SMILES string of the molecule is Cc1c(CCC(N)C2CC2)cccc1[N+](=O)[O-]. The molecule has 1 aliphatic rings. The molecule has 0 spiro atoms. The van der Waals surface area contributed by atoms with Crippen LogP contribution < -0.4 is 5.73 Å². The molecular formula is C13H18N2O2. The number of hydrogen-bond donors (Lipinski definition) is 1. The Morgan fingerprint density at radius 1 is 1.53 bits per heavy atom. The standard InChI is InChI=1S/C13H18N2O2/c1-9-10(3-2-4-13(9)15(16)17)7-8-12(14)11-5-6-11/h2-4,11-12H,5-8,14H2,1H3. The highest BCUT2D eigenvalue weighted by Crippen LogP contribution is 2.33. The third-order valence-electron chi connectivity index (χ3n) is 3.59. The number of benzene rings is 1. The van der Waals surface area contributed by atoms with Crippen molar-refractivity contribution in [2.24, 2.45) is 11.7 Å². The third-order valence-corrected chi connectivity index (χ3v) is 3.59. The van der Waals surface area contributed by atoms with Crippen LogP contribution >= 0.6 is 0 Å². The van der Waals surface area contributed by atoms with Gasteiger partial charge in [-0.05, 0) is 44.1 Å². The Hall–Kier alpha value is -1.42. The summed E-state index contributed by atoms with van der Waals surface area (Å²) in [5.41, 5.74) is 8.08. The summed E-state index contributed by atoms with van der Waals surface area (Å²) < 4.78 is 0. The molecule has 1 aromatic carbocycles. The molecule has 1 aromatic rings. The van der Waals surface area contributed by atoms with Gasteiger partial charge < -0.3 is 5.73 Å². The number of nitro benzene ring substituents is 1. The summed E-state index contributed by atoms with van der Waals surface area (Å²) in [6.45, 7) is 1.82. The Morgan fingerprint density at radius 2 is 2.24 bits per heavy atom. The van der Waals surface area contributed by atoms with Crippen LogP contribution in [0.4, 0.5) is 5.69 Å². The van der Waals surface area contributed by atoms with Crippen molar-refractivity contribution < 1.29 is 4.92 Å². The number of nitrogens with zero attached hydrogens (tertiary/aromatic N) is 1. The minimum Gasteiger partial charge on any atom is -0.327 e. The Bertz CT molecular complexity index is 427. The summed E-state index contributed by atoms with van der Waals surface area (Å²) in [5, 5.41) is 10.8. The average Bonchev–Trinajstić information content (AvgIpc) is 3.10. The average molecular weight is 234 g/mol. The topological polar surface area (TPSA) is 69.2 Å². The van der Waals surface area contributed by atoms with Crippen LogP contribution in [0, 0.1) is 23.0 Å². The second-order valence-electron chi connectivity index (χ2n) is 4.86. The quantitative estimate of drug-likeness (QED) is 0.628. The van der Waals surface area contributed by atoms with E-state index in [1.165, 1.54) is 12.8 Å². The summed E-state index contributed by atoms with van der Waals surface area (Å²) in [5.74, 6) is 0.689. The van der Waals surface area contributed by atoms with Gasteiger partial charge in [0.2, 0.25) is 0 Å². The highest BCUT2D eigenvalue weighted by Gasteiger charge is 2.28. The molecular weight excluding hydrogens is 216 g/mol. The molecule has 0 bridgehead atoms. The minimum absolute atomic E-state index is 0.211. The molecule has 1 unspecified atom stereocenters. The fourth-order valence-corrected chi connectivity index (χ4v) is 2.22. The summed E-state index contributed by atoms with van der Waals surface area (Å²) in [7, 11) is 0. The molecule has 2 N–H and O–H groups in total. The van der Waals surface area contributed by atoms with E-state index < -0.39 is 0 Å². The Kier molecular flexibility index (Phi) is 3.43. The van der Waals surface area contributed by atoms with E-state index in [9.17, 15) is 10.1 Å². The van der Waals surface area contributed by atoms with Crippen molar-refractivity contribution in [3.8, 4) is 0 Å². The largest absolute Gasteiger partial charge is 0.327 e. The Balaban J connectivity index is 2.04. The van der Waals surface area contributed by atoms with E-state index in [0.29, 0.717) is 5.92 Å². The second-order valence-corrected chi connectivity index (χ2v) is 4.86. The highest BCUT2D eigenvalue weighted by molar-refractivity contribution is 5.44. The predicted molar refractivity (Wildman–Crippen MR) is 66.9 cm³/mol. The van der Waals surface area contributed by atoms with Crippen LogP contribution in [-0.2, 0) is 6.42 Å². The van der Waals surface area contributed by atoms with Crippen LogP contribution in [-0.4, -0.2) is 11.0 Å². The van der Waals surface area contributed by atoms with Gasteiger partial charge in [-0.25, -0.2) is 0 Å². The van der Waals surface area contributed by atoms with E-state index in [1.54, 1.807) is 12.1 Å². The summed E-state index contributed by atoms with van der Waals surface area (Å²) in [6, 6.07) is 5.53. The first-order valence-electron chi connectivity index (χ1n) is 6.08. The fraction of sp³-hybridized carbons (Fsp3) is 0.538. The molecule has 2 rings (SSSR count). The van der Waals surface area contributed by atoms with Gasteiger partial charge in [0.1, 0.15) is 0 Å². The van der Waals surface area contributed by atoms with Crippen LogP contribution in [0.25, 0.3) is 0 Å². The molecule has 4 nitrogen and oxygen atoms in total. The zero-order valence-electron chi connectivity index (χ0n) is 10.1. The molecule has 1 aliphatic carbocycles. The second kappa shape index (κ2) is 4.84. The van der Waals surface area contributed by atoms with E-state index in [-0.39, 0.29) is 16.7 Å². The molecule has 0 amide bonds. The monoisotopic (exact) mass is 234 g/mol. The van der Waals surface area contributed by atoms with Gasteiger partial charge in [0.15, 0.2) is 0 Å². The number of nitrogens with two attached hydrogens (primary N) is 1. The van der Waals surface area contributed by atoms with Crippen molar-refractivity contribution >= 4 is 5.69 Å². The fourth-order valence-electron chi connectivity index (χ4n) is 2.22. The van der Waals surface area contributed by atoms with Gasteiger partial charge in [-0.3, -0.25) is 10.1 Å². The third kappa shape index (κ3) is 2.82. The normalized spacial score (nSPS) is 16.8. The van der Waals surface area contributed by atoms with Crippen LogP contribution in [0.3, 0.4) is 0 Å². The van der Waals surface area contributed by atoms with E-state index >= 15 is 0 Å². The van der Waals surface area contributed by atoms with Crippen molar-refractivity contribution in [3.05, 3.63) is 39.4 Å². The van der Waals surface area contributed by atoms with Crippen LogP contribution in [0.1, 0.15) is 30.4 Å². The van der Waals surface area contributed by atoms with E-state index in [2.05, 4.69) is 0 Å². The van der Waals surface area contributed by atoms with Gasteiger partial charge in [-0.15, -0.1) is 0 Å². The molecule has 17 heavy (non-hydrogen) atoms. The van der Waals surface area contributed by atoms with Gasteiger partial charge in [-0.2, -0.15) is 0 Å². The maximum atomic E-state index is 10.8. The zero-order chi connectivity index (χ0) is 12.4. The first kappa shape index (κ1) is 12.0. The highest BCUT2D eigenvalue weighted by atomic mass is 16.6. The van der Waals surface area contributed by atoms with E-state index in [0.717, 1.165) is 24.0 Å². The number of nitro groups is 1. The van der Waals surface area contributed by atoms with Crippen LogP contribution in [0.15, 0.2) is 18.2 Å². The first-order valence-corrected chi connectivity index (χ1v) is 6.08. The van der Waals surface area contributed by atoms with Crippen molar-refractivity contribution in [1.29, 1.82) is 0 Å². The van der Waals surface area contributed by atoms with Crippen LogP contribution in [0.5, 0.6) is 0 Å². The van der Waals surface area contributed by atoms with Gasteiger partial charge in [-0.1, -0.05) is 12.1 Å². The molecule has 0 heterocycles. The van der Waals surface area contributed by atoms with Crippen molar-refractivity contribution in [1.82, 2.24) is 0 Å². The summed E-state index contributed by atoms with van der Waals surface area (Å²) >= 11 is 0. The van der Waals surface area contributed by atoms with Crippen LogP contribution in [0.2, 0.25) is 0 Å². The lowest BCUT2D eigenvalue weighted by atomic mass is 9.98. The lowest BCUT2D eigenvalue weighted by molar-refractivity contribution is -0.385. The van der Waals surface area contributed by atoms with E-state index in [4.69, 9.17) is 5.73 Å². The van der Waals surface area contributed by atoms with Gasteiger partial charge in [0.05, 0.1) is 4.92 Å². The minimum atomic E-state index is -0.320. The molecule has 0 radical (unpaired) electrons. The Labute approximate surface area is 101 Å². The molecule has 0 aliphatic heterocycles. The molecule has 4 heteroatoms. The molecule has 0 saturated heterocycles. The number of aryl methyl sites for hydroxylation is 1. The zero-order valence-corrected chi connectivity index (χ0v) is 10.1. The summed E-state index contributed by atoms with van der Waals surface area (Å²) in [6.07, 6.45) is 4.25. The maximum Gasteiger partial charge on any atom is 0.272 e. The van der Waals surface area contributed by atoms with Crippen molar-refractivity contribution in [3.63, 3.8) is 0 Å². The number of rotatable bonds is 5. The van der Waals surface area contributed by atoms with Crippen molar-refractivity contribution in [2.45, 2.75) is 38.6 Å². The smallest absolute Gasteiger partial charge is 0.272 e. The maximum absolute atomic E-state index is 10.8. The molecule has 1 fully saturated rings. The predicted octanol–water partition coefficient (Wildman–Crippen LogP) is 2.57. The lowest BCUT2D eigenvalue weighted by Gasteiger charge is -2.11. The van der Waals surface area contributed by atoms with Gasteiger partial charge in [0, 0.05) is 17.7 Å².